The Morgan fingerprint density at radius 2 is 2.19 bits per heavy atom. The number of carbonyl (C=O) groups is 1. The van der Waals surface area contributed by atoms with Crippen LogP contribution < -0.4 is 11.5 Å². The molecule has 1 heterocycles. The number of amides is 1. The molecule has 1 aromatic heterocycles. The average Bonchev–Trinajstić information content (AvgIpc) is 2.85. The molecule has 0 saturated heterocycles. The van der Waals surface area contributed by atoms with Gasteiger partial charge in [-0.05, 0) is 24.6 Å². The lowest BCUT2D eigenvalue weighted by molar-refractivity contribution is -0.119. The van der Waals surface area contributed by atoms with Gasteiger partial charge < -0.3 is 11.5 Å². The van der Waals surface area contributed by atoms with E-state index in [2.05, 4.69) is 10.1 Å². The van der Waals surface area contributed by atoms with E-state index in [1.165, 1.54) is 6.33 Å². The molecule has 0 unspecified atom stereocenters. The maximum Gasteiger partial charge on any atom is 0.231 e. The van der Waals surface area contributed by atoms with Gasteiger partial charge in [0.25, 0.3) is 0 Å². The molecular formula is C14H20N6O. The van der Waals surface area contributed by atoms with E-state index in [-0.39, 0.29) is 12.5 Å². The van der Waals surface area contributed by atoms with Crippen molar-refractivity contribution in [2.24, 2.45) is 5.73 Å². The number of aromatic nitrogens is 3. The molecule has 2 rings (SSSR count). The summed E-state index contributed by atoms with van der Waals surface area (Å²) < 4.78 is 1.80. The number of carbonyl (C=O) groups excluding carboxylic acids is 1. The predicted octanol–water partition coefficient (Wildman–Crippen LogP) is 0.368. The second-order valence-corrected chi connectivity index (χ2v) is 4.85. The minimum Gasteiger partial charge on any atom is -0.399 e. The Morgan fingerprint density at radius 3 is 2.86 bits per heavy atom. The van der Waals surface area contributed by atoms with E-state index in [0.717, 1.165) is 17.9 Å². The van der Waals surface area contributed by atoms with Crippen molar-refractivity contribution in [3.8, 4) is 0 Å². The number of primary amides is 1. The van der Waals surface area contributed by atoms with Gasteiger partial charge in [0.1, 0.15) is 12.2 Å². The third-order valence-corrected chi connectivity index (χ3v) is 3.10. The van der Waals surface area contributed by atoms with Crippen molar-refractivity contribution in [2.45, 2.75) is 26.6 Å². The van der Waals surface area contributed by atoms with Gasteiger partial charge in [0.15, 0.2) is 0 Å². The molecule has 0 aliphatic carbocycles. The highest BCUT2D eigenvalue weighted by Crippen LogP contribution is 2.11. The molecule has 0 fully saturated rings. The lowest BCUT2D eigenvalue weighted by Gasteiger charge is -2.20. The van der Waals surface area contributed by atoms with Crippen LogP contribution in [0.1, 0.15) is 18.3 Å². The lowest BCUT2D eigenvalue weighted by atomic mass is 10.2. The molecule has 0 aliphatic heterocycles. The summed E-state index contributed by atoms with van der Waals surface area (Å²) in [5.74, 6) is 0.434. The number of nitrogens with zero attached hydrogens (tertiary/aromatic N) is 4. The van der Waals surface area contributed by atoms with Crippen molar-refractivity contribution in [3.05, 3.63) is 42.0 Å². The summed E-state index contributed by atoms with van der Waals surface area (Å²) in [5.41, 5.74) is 12.8. The molecule has 0 saturated carbocycles. The summed E-state index contributed by atoms with van der Waals surface area (Å²) in [6.07, 6.45) is 1.52. The van der Waals surface area contributed by atoms with Gasteiger partial charge >= 0.3 is 0 Å². The molecule has 7 heteroatoms. The Hall–Kier alpha value is -2.41. The Bertz CT molecular complexity index is 609. The zero-order valence-corrected chi connectivity index (χ0v) is 12.1. The third kappa shape index (κ3) is 4.28. The standard InChI is InChI=1S/C14H20N6O/c1-2-20-14(17-10-18-20)9-19(8-13(16)21)7-11-4-3-5-12(15)6-11/h3-6,10H,2,7-9,15H2,1H3,(H2,16,21). The zero-order chi connectivity index (χ0) is 15.2. The highest BCUT2D eigenvalue weighted by atomic mass is 16.1. The molecule has 0 aliphatic rings. The Kier molecular flexibility index (Phi) is 4.89. The van der Waals surface area contributed by atoms with Crippen molar-refractivity contribution < 1.29 is 4.79 Å². The first-order valence-electron chi connectivity index (χ1n) is 6.80. The molecular weight excluding hydrogens is 268 g/mol. The minimum absolute atomic E-state index is 0.158. The number of benzene rings is 1. The van der Waals surface area contributed by atoms with E-state index < -0.39 is 0 Å². The lowest BCUT2D eigenvalue weighted by Crippen LogP contribution is -2.34. The van der Waals surface area contributed by atoms with Gasteiger partial charge in [-0.25, -0.2) is 9.67 Å². The van der Waals surface area contributed by atoms with Gasteiger partial charge in [0.05, 0.1) is 13.1 Å². The van der Waals surface area contributed by atoms with Crippen LogP contribution in [-0.4, -0.2) is 32.1 Å². The SMILES string of the molecule is CCn1ncnc1CN(CC(N)=O)Cc1cccc(N)c1. The summed E-state index contributed by atoms with van der Waals surface area (Å²) in [6.45, 7) is 3.97. The largest absolute Gasteiger partial charge is 0.399 e. The van der Waals surface area contributed by atoms with E-state index in [4.69, 9.17) is 11.5 Å². The van der Waals surface area contributed by atoms with Crippen molar-refractivity contribution in [1.82, 2.24) is 19.7 Å². The fourth-order valence-corrected chi connectivity index (χ4v) is 2.21. The van der Waals surface area contributed by atoms with Crippen LogP contribution >= 0.6 is 0 Å². The number of hydrogen-bond donors (Lipinski definition) is 2. The zero-order valence-electron chi connectivity index (χ0n) is 12.1. The molecule has 1 amide bonds. The number of anilines is 1. The van der Waals surface area contributed by atoms with Crippen molar-refractivity contribution in [1.29, 1.82) is 0 Å². The molecule has 7 nitrogen and oxygen atoms in total. The van der Waals surface area contributed by atoms with Gasteiger partial charge in [0, 0.05) is 18.8 Å². The normalized spacial score (nSPS) is 11.0. The molecule has 0 radical (unpaired) electrons. The fourth-order valence-electron chi connectivity index (χ4n) is 2.21. The number of hydrogen-bond acceptors (Lipinski definition) is 5. The van der Waals surface area contributed by atoms with Crippen LogP contribution in [0, 0.1) is 0 Å². The van der Waals surface area contributed by atoms with Gasteiger partial charge in [-0.15, -0.1) is 0 Å². The number of nitrogen functional groups attached to an aromatic ring is 1. The highest BCUT2D eigenvalue weighted by Gasteiger charge is 2.13. The maximum atomic E-state index is 11.3. The molecule has 0 bridgehead atoms. The average molecular weight is 288 g/mol. The quantitative estimate of drug-likeness (QED) is 0.716. The van der Waals surface area contributed by atoms with Crippen LogP contribution in [0.2, 0.25) is 0 Å². The van der Waals surface area contributed by atoms with Crippen molar-refractivity contribution in [3.63, 3.8) is 0 Å². The molecule has 0 atom stereocenters. The summed E-state index contributed by atoms with van der Waals surface area (Å²) >= 11 is 0. The van der Waals surface area contributed by atoms with Crippen LogP contribution in [0.15, 0.2) is 30.6 Å². The third-order valence-electron chi connectivity index (χ3n) is 3.10. The second kappa shape index (κ2) is 6.85. The highest BCUT2D eigenvalue weighted by molar-refractivity contribution is 5.75. The van der Waals surface area contributed by atoms with Crippen LogP contribution in [0.25, 0.3) is 0 Å². The van der Waals surface area contributed by atoms with Crippen molar-refractivity contribution >= 4 is 11.6 Å². The molecule has 21 heavy (non-hydrogen) atoms. The summed E-state index contributed by atoms with van der Waals surface area (Å²) in [4.78, 5) is 17.4. The topological polar surface area (TPSA) is 103 Å². The Morgan fingerprint density at radius 1 is 1.38 bits per heavy atom. The van der Waals surface area contributed by atoms with Gasteiger partial charge in [-0.3, -0.25) is 9.69 Å². The molecule has 1 aromatic carbocycles. The fraction of sp³-hybridized carbons (Fsp3) is 0.357. The smallest absolute Gasteiger partial charge is 0.231 e. The summed E-state index contributed by atoms with van der Waals surface area (Å²) in [6, 6.07) is 7.57. The molecule has 4 N–H and O–H groups in total. The van der Waals surface area contributed by atoms with E-state index in [1.54, 1.807) is 4.68 Å². The first kappa shape index (κ1) is 15.0. The molecule has 2 aromatic rings. The predicted molar refractivity (Wildman–Crippen MR) is 79.9 cm³/mol. The van der Waals surface area contributed by atoms with Crippen LogP contribution in [0.5, 0.6) is 0 Å². The number of nitrogens with two attached hydrogens (primary N) is 2. The second-order valence-electron chi connectivity index (χ2n) is 4.85. The summed E-state index contributed by atoms with van der Waals surface area (Å²) in [5, 5.41) is 4.13. The number of aryl methyl sites for hydroxylation is 1. The van der Waals surface area contributed by atoms with Crippen LogP contribution in [0.3, 0.4) is 0 Å². The van der Waals surface area contributed by atoms with Gasteiger partial charge in [-0.2, -0.15) is 5.10 Å². The van der Waals surface area contributed by atoms with E-state index in [0.29, 0.717) is 18.8 Å². The van der Waals surface area contributed by atoms with Crippen molar-refractivity contribution in [2.75, 3.05) is 12.3 Å². The van der Waals surface area contributed by atoms with Crippen LogP contribution in [-0.2, 0) is 24.4 Å². The van der Waals surface area contributed by atoms with E-state index in [1.807, 2.05) is 36.1 Å². The van der Waals surface area contributed by atoms with Gasteiger partial charge in [0.2, 0.25) is 5.91 Å². The Balaban J connectivity index is 2.12. The maximum absolute atomic E-state index is 11.3. The Labute approximate surface area is 123 Å². The first-order valence-corrected chi connectivity index (χ1v) is 6.80. The first-order chi connectivity index (χ1) is 10.1. The summed E-state index contributed by atoms with van der Waals surface area (Å²) in [7, 11) is 0. The van der Waals surface area contributed by atoms with E-state index in [9.17, 15) is 4.79 Å². The van der Waals surface area contributed by atoms with Gasteiger partial charge in [-0.1, -0.05) is 12.1 Å². The number of rotatable bonds is 7. The van der Waals surface area contributed by atoms with E-state index >= 15 is 0 Å². The minimum atomic E-state index is -0.374. The molecule has 0 spiro atoms. The van der Waals surface area contributed by atoms with Crippen LogP contribution in [0.4, 0.5) is 5.69 Å². The molecule has 112 valence electrons. The monoisotopic (exact) mass is 288 g/mol.